The van der Waals surface area contributed by atoms with Crippen molar-refractivity contribution in [1.29, 1.82) is 0 Å². The number of amides is 5. The van der Waals surface area contributed by atoms with Gasteiger partial charge in [-0.15, -0.1) is 0 Å². The van der Waals surface area contributed by atoms with Gasteiger partial charge in [0, 0.05) is 60.7 Å². The van der Waals surface area contributed by atoms with E-state index in [0.29, 0.717) is 39.8 Å². The number of anilines is 2. The second-order valence-corrected chi connectivity index (χ2v) is 18.1. The van der Waals surface area contributed by atoms with E-state index in [1.807, 2.05) is 0 Å². The van der Waals surface area contributed by atoms with Crippen molar-refractivity contribution in [3.8, 4) is 28.6 Å². The lowest BCUT2D eigenvalue weighted by Gasteiger charge is -2.39. The van der Waals surface area contributed by atoms with Crippen molar-refractivity contribution < 1.29 is 82.7 Å². The number of hydrogen-bond donors (Lipinski definition) is 8. The van der Waals surface area contributed by atoms with Crippen LogP contribution in [0.2, 0.25) is 0 Å². The van der Waals surface area contributed by atoms with Crippen LogP contribution in [0, 0.1) is 0 Å². The predicted octanol–water partition coefficient (Wildman–Crippen LogP) is 0.838. The number of unbranched alkanes of at least 4 members (excludes halogenated alkanes) is 2. The van der Waals surface area contributed by atoms with E-state index in [4.69, 9.17) is 33.4 Å². The number of esters is 1. The van der Waals surface area contributed by atoms with Gasteiger partial charge in [0.2, 0.25) is 24.9 Å². The number of nitrogens with one attached hydrogen (secondary N) is 3. The average Bonchev–Trinajstić information content (AvgIpc) is 4.08. The number of carbonyl (C=O) groups is 6. The largest absolute Gasteiger partial charge is 0.460 e. The Morgan fingerprint density at radius 1 is 0.918 bits per heavy atom. The lowest BCUT2D eigenvalue weighted by Crippen LogP contribution is -2.60. The highest BCUT2D eigenvalue weighted by Crippen LogP contribution is 2.49. The van der Waals surface area contributed by atoms with Gasteiger partial charge in [0.15, 0.2) is 17.1 Å². The molecular formula is C49H52N6O18. The SMILES string of the molecule is CCCCCc1c2c(nc3cc4c(c(NC(=O)OCc5ccc(O[C@H]6O[C@H](CO)[C@@H](O)[C@H](O)[C@@H]6O)c(NC(=O)CCNC(=O)CCN6C(=O)C=CC6=O)c5)c13)OCO4)-c1cc3c(c(=O)n1C2)COC(=O)[C@@]3(C)O. The number of carbonyl (C=O) groups excluding carboxylic acids is 6. The van der Waals surface area contributed by atoms with Crippen LogP contribution < -0.4 is 35.7 Å². The van der Waals surface area contributed by atoms with E-state index in [2.05, 4.69) is 22.9 Å². The van der Waals surface area contributed by atoms with Crippen LogP contribution in [0.25, 0.3) is 22.3 Å². The average molecular weight is 1010 g/mol. The van der Waals surface area contributed by atoms with Crippen molar-refractivity contribution in [3.05, 3.63) is 80.7 Å². The molecule has 0 saturated carbocycles. The molecule has 386 valence electrons. The maximum atomic E-state index is 14.0. The van der Waals surface area contributed by atoms with Crippen molar-refractivity contribution in [3.63, 3.8) is 0 Å². The van der Waals surface area contributed by atoms with Crippen molar-refractivity contribution in [2.45, 2.75) is 108 Å². The van der Waals surface area contributed by atoms with Crippen LogP contribution in [0.1, 0.15) is 73.8 Å². The Balaban J connectivity index is 0.962. The fourth-order valence-electron chi connectivity index (χ4n) is 9.32. The Morgan fingerprint density at radius 2 is 1.70 bits per heavy atom. The highest BCUT2D eigenvalue weighted by atomic mass is 16.7. The molecule has 7 heterocycles. The molecule has 5 aliphatic heterocycles. The lowest BCUT2D eigenvalue weighted by atomic mass is 9.89. The Hall–Kier alpha value is -7.48. The van der Waals surface area contributed by atoms with Crippen LogP contribution in [-0.2, 0) is 70.0 Å². The van der Waals surface area contributed by atoms with Gasteiger partial charge in [-0.25, -0.2) is 14.6 Å². The summed E-state index contributed by atoms with van der Waals surface area (Å²) in [7, 11) is 0. The number of nitrogens with zero attached hydrogens (tertiary/aromatic N) is 3. The molecule has 0 radical (unpaired) electrons. The number of fused-ring (bicyclic) bond motifs is 6. The number of pyridine rings is 2. The van der Waals surface area contributed by atoms with E-state index < -0.39 is 90.8 Å². The van der Waals surface area contributed by atoms with Crippen LogP contribution in [0.15, 0.2) is 47.3 Å². The molecular weight excluding hydrogens is 961 g/mol. The quantitative estimate of drug-likeness (QED) is 0.0363. The molecule has 2 aromatic carbocycles. The number of ether oxygens (including phenoxy) is 6. The highest BCUT2D eigenvalue weighted by molar-refractivity contribution is 6.13. The van der Waals surface area contributed by atoms with E-state index in [1.165, 1.54) is 29.7 Å². The predicted molar refractivity (Wildman–Crippen MR) is 251 cm³/mol. The summed E-state index contributed by atoms with van der Waals surface area (Å²) < 4.78 is 35.5. The molecule has 5 aliphatic rings. The number of aromatic nitrogens is 2. The van der Waals surface area contributed by atoms with Crippen LogP contribution in [-0.4, -0.2) is 133 Å². The molecule has 1 fully saturated rings. The normalized spacial score (nSPS) is 22.4. The van der Waals surface area contributed by atoms with E-state index in [-0.39, 0.29) is 85.6 Å². The van der Waals surface area contributed by atoms with Gasteiger partial charge in [-0.1, -0.05) is 25.8 Å². The van der Waals surface area contributed by atoms with Gasteiger partial charge < -0.3 is 69.2 Å². The van der Waals surface area contributed by atoms with Crippen molar-refractivity contribution >= 4 is 58.0 Å². The Bertz CT molecular complexity index is 3010. The topological polar surface area (TPSA) is 333 Å². The van der Waals surface area contributed by atoms with Gasteiger partial charge in [0.05, 0.1) is 41.3 Å². The van der Waals surface area contributed by atoms with Gasteiger partial charge in [-0.05, 0) is 49.1 Å². The number of cyclic esters (lactones) is 1. The molecule has 9 rings (SSSR count). The zero-order chi connectivity index (χ0) is 51.9. The van der Waals surface area contributed by atoms with Crippen LogP contribution in [0.3, 0.4) is 0 Å². The third kappa shape index (κ3) is 9.79. The molecule has 2 aromatic heterocycles. The summed E-state index contributed by atoms with van der Waals surface area (Å²) in [6.07, 6.45) is -4.47. The second-order valence-electron chi connectivity index (χ2n) is 18.1. The summed E-state index contributed by atoms with van der Waals surface area (Å²) in [6, 6.07) is 7.49. The number of rotatable bonds is 17. The van der Waals surface area contributed by atoms with Crippen molar-refractivity contribution in [2.24, 2.45) is 0 Å². The summed E-state index contributed by atoms with van der Waals surface area (Å²) in [5.41, 5.74) is 0.930. The molecule has 0 spiro atoms. The zero-order valence-electron chi connectivity index (χ0n) is 39.5. The fourth-order valence-corrected chi connectivity index (χ4v) is 9.32. The van der Waals surface area contributed by atoms with Crippen molar-refractivity contribution in [1.82, 2.24) is 19.8 Å². The molecule has 24 nitrogen and oxygen atoms in total. The van der Waals surface area contributed by atoms with E-state index >= 15 is 0 Å². The van der Waals surface area contributed by atoms with Gasteiger partial charge in [0.25, 0.3) is 17.4 Å². The third-order valence-corrected chi connectivity index (χ3v) is 13.2. The van der Waals surface area contributed by atoms with Crippen LogP contribution in [0.4, 0.5) is 16.2 Å². The summed E-state index contributed by atoms with van der Waals surface area (Å²) in [6.45, 7) is 1.51. The third-order valence-electron chi connectivity index (χ3n) is 13.2. The number of imide groups is 1. The maximum absolute atomic E-state index is 14.0. The molecule has 8 N–H and O–H groups in total. The van der Waals surface area contributed by atoms with Gasteiger partial charge in [-0.3, -0.25) is 34.2 Å². The summed E-state index contributed by atoms with van der Waals surface area (Å²) in [5, 5.41) is 60.8. The first-order valence-corrected chi connectivity index (χ1v) is 23.6. The van der Waals surface area contributed by atoms with Gasteiger partial charge in [-0.2, -0.15) is 0 Å². The number of benzene rings is 2. The molecule has 73 heavy (non-hydrogen) atoms. The minimum Gasteiger partial charge on any atom is -0.460 e. The number of aryl methyl sites for hydroxylation is 1. The van der Waals surface area contributed by atoms with E-state index in [0.717, 1.165) is 41.9 Å². The maximum Gasteiger partial charge on any atom is 0.412 e. The summed E-state index contributed by atoms with van der Waals surface area (Å²) in [4.78, 5) is 95.9. The number of hydrogen-bond acceptors (Lipinski definition) is 19. The minimum atomic E-state index is -2.07. The van der Waals surface area contributed by atoms with Crippen LogP contribution >= 0.6 is 0 Å². The number of aliphatic hydroxyl groups excluding tert-OH is 4. The molecule has 6 atom stereocenters. The molecule has 0 aliphatic carbocycles. The first-order valence-electron chi connectivity index (χ1n) is 23.6. The Kier molecular flexibility index (Phi) is 14.2. The van der Waals surface area contributed by atoms with Crippen molar-refractivity contribution in [2.75, 3.05) is 37.1 Å². The monoisotopic (exact) mass is 1010 g/mol. The first kappa shape index (κ1) is 50.5. The van der Waals surface area contributed by atoms with Gasteiger partial charge >= 0.3 is 12.1 Å². The lowest BCUT2D eigenvalue weighted by molar-refractivity contribution is -0.277. The number of aliphatic hydroxyl groups is 5. The Labute approximate surface area is 414 Å². The molecule has 0 bridgehead atoms. The van der Waals surface area contributed by atoms with E-state index in [9.17, 15) is 59.1 Å². The summed E-state index contributed by atoms with van der Waals surface area (Å²) >= 11 is 0. The standard InChI is InChI=1S/C49H52N6O18/c1-3-4-5-6-24-25-18-55-30(16-27-26(45(55)64)21-68-47(65)49(27,2)67)39(25)52-29-17-32-44(71-22-70-32)40(38(24)29)53-48(66)69-20-23-7-8-31(72-46-43(63)42(62)41(61)33(19-56)73-46)28(15-23)51-35(58)11-13-50-34(57)12-14-54-36(59)9-10-37(54)60/h7-10,15-17,33,41-43,46,56,61-63,67H,3-6,11-14,18-22H2,1-2H3,(H,50,57)(H,51,58)(H,53,66)/t33-,41-,42+,43+,46+,49+/m1/s1. The Morgan fingerprint density at radius 3 is 2.45 bits per heavy atom. The van der Waals surface area contributed by atoms with Crippen LogP contribution in [0.5, 0.6) is 17.2 Å². The van der Waals surface area contributed by atoms with E-state index in [1.54, 1.807) is 12.1 Å². The molecule has 24 heteroatoms. The summed E-state index contributed by atoms with van der Waals surface area (Å²) in [5.74, 6) is -2.77. The molecule has 1 saturated heterocycles. The molecule has 4 aromatic rings. The fraction of sp³-hybridized carbons (Fsp3) is 0.429. The first-order chi connectivity index (χ1) is 35.0. The minimum absolute atomic E-state index is 0.0360. The molecule has 5 amide bonds. The highest BCUT2D eigenvalue weighted by Gasteiger charge is 2.46. The van der Waals surface area contributed by atoms with Gasteiger partial charge in [0.1, 0.15) is 49.1 Å². The molecule has 0 unspecified atom stereocenters. The smallest absolute Gasteiger partial charge is 0.412 e. The second kappa shape index (κ2) is 20.6. The zero-order valence-corrected chi connectivity index (χ0v) is 39.5.